The number of hydrogen-bond donors (Lipinski definition) is 0. The Hall–Kier alpha value is -1.89. The molecule has 0 amide bonds. The topological polar surface area (TPSA) is 60.4 Å². The van der Waals surface area contributed by atoms with E-state index in [1.54, 1.807) is 0 Å². The van der Waals surface area contributed by atoms with Crippen molar-refractivity contribution in [2.24, 2.45) is 0 Å². The lowest BCUT2D eigenvalue weighted by Crippen LogP contribution is -2.15. The van der Waals surface area contributed by atoms with Gasteiger partial charge in [-0.1, -0.05) is 6.58 Å². The third kappa shape index (κ3) is 11.0. The fourth-order valence-corrected chi connectivity index (χ4v) is 0.314. The molecule has 0 spiro atoms. The number of carbonyl (C=O) groups is 1. The van der Waals surface area contributed by atoms with E-state index in [4.69, 9.17) is 9.59 Å². The van der Waals surface area contributed by atoms with Crippen molar-refractivity contribution in [3.63, 3.8) is 0 Å². The van der Waals surface area contributed by atoms with Gasteiger partial charge in [-0.15, -0.1) is 0 Å². The van der Waals surface area contributed by atoms with Gasteiger partial charge in [0.15, 0.2) is 0 Å². The zero-order valence-corrected chi connectivity index (χ0v) is 6.46. The maximum absolute atomic E-state index is 9.83. The first-order valence-electron chi connectivity index (χ1n) is 2.79. The van der Waals surface area contributed by atoms with Crippen LogP contribution in [0.1, 0.15) is 6.42 Å². The highest BCUT2D eigenvalue weighted by Gasteiger charge is 2.17. The Labute approximate surface area is 69.8 Å². The van der Waals surface area contributed by atoms with Gasteiger partial charge in [0.25, 0.3) is 0 Å². The Bertz CT molecular complexity index is 193. The second kappa shape index (κ2) is 9.11. The van der Waals surface area contributed by atoms with Crippen LogP contribution in [-0.2, 0) is 19.1 Å². The zero-order chi connectivity index (χ0) is 9.98. The smallest absolute Gasteiger partial charge is 0.318 e. The highest BCUT2D eigenvalue weighted by atomic mass is 16.6. The van der Waals surface area contributed by atoms with Crippen LogP contribution in [0.2, 0.25) is 0 Å². The summed E-state index contributed by atoms with van der Waals surface area (Å²) in [7, 11) is 0. The molecule has 1 rings (SSSR count). The van der Waals surface area contributed by atoms with E-state index in [0.717, 1.165) is 0 Å². The minimum absolute atomic E-state index is 0.167. The van der Waals surface area contributed by atoms with E-state index in [9.17, 15) is 4.79 Å². The van der Waals surface area contributed by atoms with Gasteiger partial charge < -0.3 is 4.74 Å². The minimum Gasteiger partial charge on any atom is -0.431 e. The molecule has 1 aliphatic heterocycles. The summed E-state index contributed by atoms with van der Waals surface area (Å²) in [5.41, 5.74) is 0. The molecule has 12 heavy (non-hydrogen) atoms. The van der Waals surface area contributed by atoms with E-state index in [1.165, 1.54) is 11.9 Å². The van der Waals surface area contributed by atoms with E-state index < -0.39 is 0 Å². The molecule has 0 aromatic carbocycles. The molecule has 0 bridgehead atoms. The van der Waals surface area contributed by atoms with Gasteiger partial charge in [-0.3, -0.25) is 4.79 Å². The fourth-order valence-electron chi connectivity index (χ4n) is 0.314. The Balaban J connectivity index is 0. The molecule has 4 nitrogen and oxygen atoms in total. The zero-order valence-electron chi connectivity index (χ0n) is 6.46. The molecule has 0 radical (unpaired) electrons. The molecule has 0 atom stereocenters. The summed E-state index contributed by atoms with van der Waals surface area (Å²) < 4.78 is 4.31. The second-order valence-electron chi connectivity index (χ2n) is 1.48. The van der Waals surface area contributed by atoms with Gasteiger partial charge in [-0.25, -0.2) is 9.59 Å². The Morgan fingerprint density at radius 3 is 1.50 bits per heavy atom. The lowest BCUT2D eigenvalue weighted by molar-refractivity contribution is -0.148. The summed E-state index contributed by atoms with van der Waals surface area (Å²) in [6.45, 7) is 8.73. The summed E-state index contributed by atoms with van der Waals surface area (Å²) in [5, 5.41) is 0. The van der Waals surface area contributed by atoms with Crippen LogP contribution in [0.5, 0.6) is 0 Å². The van der Waals surface area contributed by atoms with Gasteiger partial charge >= 0.3 is 5.97 Å². The van der Waals surface area contributed by atoms with Crippen LogP contribution in [-0.4, -0.2) is 17.9 Å². The fraction of sp³-hybridized carbons (Fsp3) is 0.125. The summed E-state index contributed by atoms with van der Waals surface area (Å²) >= 11 is 0. The molecule has 0 aromatic rings. The predicted molar refractivity (Wildman–Crippen MR) is 42.5 cm³/mol. The Kier molecular flexibility index (Phi) is 9.68. The number of carbonyl (C=O) groups excluding carboxylic acids is 3. The second-order valence-corrected chi connectivity index (χ2v) is 1.48. The highest BCUT2D eigenvalue weighted by Crippen LogP contribution is 2.13. The monoisotopic (exact) mass is 168 g/mol. The van der Waals surface area contributed by atoms with Gasteiger partial charge in [-0.2, -0.15) is 0 Å². The van der Waals surface area contributed by atoms with Crippen molar-refractivity contribution >= 4 is 17.9 Å². The number of cyclic esters (lactones) is 1. The molecule has 0 aromatic heterocycles. The van der Waals surface area contributed by atoms with E-state index in [0.29, 0.717) is 12.2 Å². The maximum atomic E-state index is 9.83. The number of esters is 1. The van der Waals surface area contributed by atoms with Crippen molar-refractivity contribution in [2.75, 3.05) is 0 Å². The third-order valence-corrected chi connectivity index (χ3v) is 0.600. The number of hydrogen-bond acceptors (Lipinski definition) is 4. The van der Waals surface area contributed by atoms with Crippen LogP contribution >= 0.6 is 0 Å². The summed E-state index contributed by atoms with van der Waals surface area (Å²) in [5.74, 6) is 2.92. The van der Waals surface area contributed by atoms with Crippen molar-refractivity contribution < 1.29 is 19.1 Å². The molecule has 0 unspecified atom stereocenters. The average molecular weight is 168 g/mol. The first kappa shape index (κ1) is 12.8. The molecule has 1 saturated heterocycles. The molecule has 64 valence electrons. The Morgan fingerprint density at radius 2 is 1.50 bits per heavy atom. The van der Waals surface area contributed by atoms with Gasteiger partial charge in [0.2, 0.25) is 0 Å². The van der Waals surface area contributed by atoms with Crippen LogP contribution in [0, 0.1) is 0 Å². The molecule has 1 aliphatic rings. The molecule has 0 aliphatic carbocycles. The largest absolute Gasteiger partial charge is 0.431 e. The van der Waals surface area contributed by atoms with Gasteiger partial charge in [0.1, 0.15) is 24.1 Å². The first-order valence-corrected chi connectivity index (χ1v) is 2.79. The third-order valence-electron chi connectivity index (χ3n) is 0.600. The Morgan fingerprint density at radius 1 is 1.25 bits per heavy atom. The quantitative estimate of drug-likeness (QED) is 0.389. The maximum Gasteiger partial charge on any atom is 0.318 e. The van der Waals surface area contributed by atoms with Crippen molar-refractivity contribution in [1.29, 1.82) is 0 Å². The summed E-state index contributed by atoms with van der Waals surface area (Å²) in [4.78, 5) is 27.0. The van der Waals surface area contributed by atoms with Gasteiger partial charge in [0, 0.05) is 0 Å². The van der Waals surface area contributed by atoms with E-state index in [-0.39, 0.29) is 5.97 Å². The predicted octanol–water partition coefficient (Wildman–Crippen LogP) is 0.455. The highest BCUT2D eigenvalue weighted by molar-refractivity contribution is 5.79. The van der Waals surface area contributed by atoms with E-state index in [1.807, 2.05) is 0 Å². The first-order chi connectivity index (χ1) is 5.62. The van der Waals surface area contributed by atoms with Crippen molar-refractivity contribution in [3.05, 3.63) is 25.5 Å². The number of ether oxygens (including phenoxy) is 1. The molecular weight excluding hydrogens is 160 g/mol. The standard InChI is InChI=1S/C4H4O2.2C2H2O/c1-3-2-4(5)6-3;2*1-2-3/h1-2H2;2*1H2. The number of rotatable bonds is 0. The lowest BCUT2D eigenvalue weighted by atomic mass is 10.3. The van der Waals surface area contributed by atoms with Crippen LogP contribution < -0.4 is 0 Å². The van der Waals surface area contributed by atoms with Crippen molar-refractivity contribution in [1.82, 2.24) is 0 Å². The minimum atomic E-state index is -0.167. The molecule has 0 saturated carbocycles. The van der Waals surface area contributed by atoms with E-state index >= 15 is 0 Å². The molecule has 4 heteroatoms. The molecule has 0 N–H and O–H groups in total. The van der Waals surface area contributed by atoms with Crippen molar-refractivity contribution in [2.45, 2.75) is 6.42 Å². The van der Waals surface area contributed by atoms with Crippen molar-refractivity contribution in [3.8, 4) is 0 Å². The van der Waals surface area contributed by atoms with Crippen LogP contribution in [0.25, 0.3) is 0 Å². The normalized spacial score (nSPS) is 11.0. The summed E-state index contributed by atoms with van der Waals surface area (Å²) in [6.07, 6.45) is 0.417. The van der Waals surface area contributed by atoms with Gasteiger partial charge in [0.05, 0.1) is 0 Å². The summed E-state index contributed by atoms with van der Waals surface area (Å²) in [6, 6.07) is 0. The van der Waals surface area contributed by atoms with Gasteiger partial charge in [-0.05, 0) is 13.2 Å². The van der Waals surface area contributed by atoms with Crippen LogP contribution in [0.3, 0.4) is 0 Å². The molecular formula is C8H8O4. The lowest BCUT2D eigenvalue weighted by Gasteiger charge is -2.12. The van der Waals surface area contributed by atoms with Crippen LogP contribution in [0.15, 0.2) is 25.5 Å². The average Bonchev–Trinajstić information content (AvgIpc) is 1.88. The van der Waals surface area contributed by atoms with E-state index in [2.05, 4.69) is 24.5 Å². The molecule has 1 heterocycles. The molecule has 1 fully saturated rings. The van der Waals surface area contributed by atoms with Crippen LogP contribution in [0.4, 0.5) is 0 Å². The SMILES string of the molecule is C=C1CC(=O)O1.C=C=O.C=C=O.